The molecule has 0 aromatic heterocycles. The van der Waals surface area contributed by atoms with Gasteiger partial charge in [-0.2, -0.15) is 0 Å². The molecule has 0 bridgehead atoms. The van der Waals surface area contributed by atoms with Gasteiger partial charge in [0.05, 0.1) is 22.1 Å². The normalized spacial score (nSPS) is 11.5. The predicted octanol–water partition coefficient (Wildman–Crippen LogP) is 1.20. The van der Waals surface area contributed by atoms with E-state index in [1.807, 2.05) is 0 Å². The highest BCUT2D eigenvalue weighted by molar-refractivity contribution is 6.50. The van der Waals surface area contributed by atoms with Gasteiger partial charge in [-0.15, -0.1) is 0 Å². The molecule has 13 heavy (non-hydrogen) atoms. The van der Waals surface area contributed by atoms with Crippen molar-refractivity contribution in [2.24, 2.45) is 0 Å². The monoisotopic (exact) mass is 212 g/mol. The van der Waals surface area contributed by atoms with E-state index in [4.69, 9.17) is 0 Å². The lowest BCUT2D eigenvalue weighted by atomic mass is 10.3. The molecule has 1 N–H and O–H groups in total. The van der Waals surface area contributed by atoms with Crippen molar-refractivity contribution in [3.8, 4) is 0 Å². The Bertz CT molecular complexity index is 108. The molecule has 0 unspecified atom stereocenters. The second kappa shape index (κ2) is 7.02. The van der Waals surface area contributed by atoms with Crippen molar-refractivity contribution in [3.63, 3.8) is 0 Å². The van der Waals surface area contributed by atoms with E-state index in [0.29, 0.717) is 13.1 Å². The summed E-state index contributed by atoms with van der Waals surface area (Å²) in [6, 6.07) is 0. The minimum Gasteiger partial charge on any atom is -0.418 e. The van der Waals surface area contributed by atoms with E-state index < -0.39 is 12.7 Å². The maximum absolute atomic E-state index is 11.5. The highest BCUT2D eigenvalue weighted by Gasteiger charge is 2.20. The van der Waals surface area contributed by atoms with Crippen molar-refractivity contribution in [1.29, 1.82) is 0 Å². The Morgan fingerprint density at radius 2 is 1.23 bits per heavy atom. The van der Waals surface area contributed by atoms with Gasteiger partial charge >= 0.3 is 7.25 Å². The average Bonchev–Trinajstić information content (AvgIpc) is 1.85. The summed E-state index contributed by atoms with van der Waals surface area (Å²) in [5.41, 5.74) is -1.59. The SMILES string of the molecule is CCN(CC)[NH+](F)F.F[B-](F)(F)F. The second-order valence-corrected chi connectivity index (χ2v) is 1.91. The largest absolute Gasteiger partial charge is 0.673 e. The zero-order valence-corrected chi connectivity index (χ0v) is 7.21. The summed E-state index contributed by atoms with van der Waals surface area (Å²) in [6.45, 7) is 4.17. The van der Waals surface area contributed by atoms with Crippen LogP contribution in [0.15, 0.2) is 0 Å². The minimum absolute atomic E-state index is 0.388. The lowest BCUT2D eigenvalue weighted by molar-refractivity contribution is -1.24. The molecule has 0 spiro atoms. The summed E-state index contributed by atoms with van der Waals surface area (Å²) < 4.78 is 62.1. The molecule has 0 aromatic rings. The van der Waals surface area contributed by atoms with Crippen LogP contribution in [0.5, 0.6) is 0 Å². The molecule has 0 fully saturated rings. The summed E-state index contributed by atoms with van der Waals surface area (Å²) in [4.78, 5) is 0. The van der Waals surface area contributed by atoms with Gasteiger partial charge in [0.15, 0.2) is 0 Å². The lowest BCUT2D eigenvalue weighted by Gasteiger charge is -2.08. The first-order chi connectivity index (χ1) is 5.72. The van der Waals surface area contributed by atoms with Crippen molar-refractivity contribution in [3.05, 3.63) is 0 Å². The summed E-state index contributed by atoms with van der Waals surface area (Å²) >= 11 is 0. The van der Waals surface area contributed by atoms with Crippen LogP contribution >= 0.6 is 0 Å². The summed E-state index contributed by atoms with van der Waals surface area (Å²) in [5.74, 6) is 0. The molecule has 0 aliphatic rings. The third-order valence-electron chi connectivity index (χ3n) is 1.00. The maximum Gasteiger partial charge on any atom is 0.673 e. The first-order valence-corrected chi connectivity index (χ1v) is 3.52. The molecule has 0 saturated heterocycles. The zero-order valence-electron chi connectivity index (χ0n) is 7.21. The molecule has 0 heterocycles. The Hall–Kier alpha value is -0.435. The van der Waals surface area contributed by atoms with E-state index in [1.54, 1.807) is 13.8 Å². The number of rotatable bonds is 3. The van der Waals surface area contributed by atoms with E-state index in [1.165, 1.54) is 0 Å². The highest BCUT2D eigenvalue weighted by Crippen LogP contribution is 2.06. The Morgan fingerprint density at radius 3 is 1.23 bits per heavy atom. The fraction of sp³-hybridized carbons (Fsp3) is 1.00. The van der Waals surface area contributed by atoms with Crippen molar-refractivity contribution < 1.29 is 31.7 Å². The van der Waals surface area contributed by atoms with Crippen molar-refractivity contribution >= 4 is 7.25 Å². The molecular formula is C4H11BF6N2. The van der Waals surface area contributed by atoms with Crippen molar-refractivity contribution in [2.45, 2.75) is 13.8 Å². The molecule has 0 rings (SSSR count). The number of nitrogens with zero attached hydrogens (tertiary/aromatic N) is 1. The highest BCUT2D eigenvalue weighted by atomic mass is 19.5. The zero-order chi connectivity index (χ0) is 11.1. The third-order valence-corrected chi connectivity index (χ3v) is 1.00. The quantitative estimate of drug-likeness (QED) is 0.319. The number of halogens is 6. The smallest absolute Gasteiger partial charge is 0.418 e. The van der Waals surface area contributed by atoms with Gasteiger partial charge < -0.3 is 17.3 Å². The molecule has 82 valence electrons. The predicted molar refractivity (Wildman–Crippen MR) is 36.3 cm³/mol. The first-order valence-electron chi connectivity index (χ1n) is 3.52. The van der Waals surface area contributed by atoms with Gasteiger partial charge in [-0.05, 0) is 13.8 Å². The van der Waals surface area contributed by atoms with Gasteiger partial charge in [0.1, 0.15) is 5.45 Å². The molecule has 0 atom stereocenters. The van der Waals surface area contributed by atoms with Crippen LogP contribution in [0.3, 0.4) is 0 Å². The van der Waals surface area contributed by atoms with Crippen LogP contribution in [0.4, 0.5) is 26.2 Å². The molecule has 2 nitrogen and oxygen atoms in total. The van der Waals surface area contributed by atoms with Crippen LogP contribution in [-0.4, -0.2) is 25.4 Å². The summed E-state index contributed by atoms with van der Waals surface area (Å²) in [7, 11) is -6.00. The van der Waals surface area contributed by atoms with Gasteiger partial charge in [0.2, 0.25) is 0 Å². The Morgan fingerprint density at radius 1 is 1.00 bits per heavy atom. The molecule has 0 amide bonds. The number of quaternary nitrogens is 1. The molecule has 9 heteroatoms. The summed E-state index contributed by atoms with van der Waals surface area (Å²) in [5, 5.41) is 1.00. The number of hydrogen-bond donors (Lipinski definition) is 1. The Kier molecular flexibility index (Phi) is 8.12. The Balaban J connectivity index is 0. The Labute approximate surface area is 72.0 Å². The molecule has 0 saturated carbocycles. The number of nitrogens with one attached hydrogen (secondary N) is 1. The van der Waals surface area contributed by atoms with Crippen LogP contribution in [0.2, 0.25) is 0 Å². The molecule has 0 aliphatic carbocycles. The van der Waals surface area contributed by atoms with Crippen molar-refractivity contribution in [2.75, 3.05) is 13.1 Å². The fourth-order valence-corrected chi connectivity index (χ4v) is 0.463. The van der Waals surface area contributed by atoms with E-state index in [9.17, 15) is 26.2 Å². The van der Waals surface area contributed by atoms with E-state index in [-0.39, 0.29) is 0 Å². The van der Waals surface area contributed by atoms with Crippen LogP contribution in [0.25, 0.3) is 0 Å². The summed E-state index contributed by atoms with van der Waals surface area (Å²) in [6.07, 6.45) is 0. The third kappa shape index (κ3) is 18.5. The molecule has 0 aliphatic heterocycles. The van der Waals surface area contributed by atoms with Crippen LogP contribution < -0.4 is 5.45 Å². The maximum atomic E-state index is 11.5. The van der Waals surface area contributed by atoms with Gasteiger partial charge in [0.25, 0.3) is 0 Å². The first kappa shape index (κ1) is 15.1. The lowest BCUT2D eigenvalue weighted by Crippen LogP contribution is -3.04. The van der Waals surface area contributed by atoms with E-state index in [0.717, 1.165) is 5.01 Å². The minimum atomic E-state index is -6.00. The molecule has 0 aromatic carbocycles. The van der Waals surface area contributed by atoms with Crippen LogP contribution in [-0.2, 0) is 0 Å². The van der Waals surface area contributed by atoms with Gasteiger partial charge in [-0.25, -0.2) is 0 Å². The topological polar surface area (TPSA) is 7.68 Å². The van der Waals surface area contributed by atoms with E-state index in [2.05, 4.69) is 0 Å². The molecule has 0 radical (unpaired) electrons. The van der Waals surface area contributed by atoms with E-state index >= 15 is 0 Å². The van der Waals surface area contributed by atoms with Gasteiger partial charge in [-0.1, -0.05) is 5.01 Å². The number of hydrogen-bond acceptors (Lipinski definition) is 1. The van der Waals surface area contributed by atoms with Crippen LogP contribution in [0, 0.1) is 0 Å². The standard InChI is InChI=1S/C4H10F2N2.BF4/c1-3-7(4-2)8(5)6;2-1(3,4)5/h3-4H2,1-2H3;/q;-1/p+1. The second-order valence-electron chi connectivity index (χ2n) is 1.91. The fourth-order valence-electron chi connectivity index (χ4n) is 0.463. The molecular weight excluding hydrogens is 201 g/mol. The van der Waals surface area contributed by atoms with Gasteiger partial charge in [0, 0.05) is 0 Å². The van der Waals surface area contributed by atoms with Gasteiger partial charge in [-0.3, -0.25) is 0 Å². The average molecular weight is 212 g/mol. The van der Waals surface area contributed by atoms with Crippen molar-refractivity contribution in [1.82, 2.24) is 5.01 Å². The van der Waals surface area contributed by atoms with Crippen LogP contribution in [0.1, 0.15) is 13.8 Å².